The summed E-state index contributed by atoms with van der Waals surface area (Å²) in [4.78, 5) is 11.3. The van der Waals surface area contributed by atoms with Crippen molar-refractivity contribution in [2.24, 2.45) is 0 Å². The summed E-state index contributed by atoms with van der Waals surface area (Å²) in [6.45, 7) is 3.91. The number of aryl methyl sites for hydroxylation is 1. The summed E-state index contributed by atoms with van der Waals surface area (Å²) in [5, 5.41) is 3.22. The number of rotatable bonds is 5. The Morgan fingerprint density at radius 2 is 1.86 bits per heavy atom. The van der Waals surface area contributed by atoms with E-state index in [4.69, 9.17) is 16.3 Å². The average Bonchev–Trinajstić information content (AvgIpc) is 2.50. The number of nitrogens with one attached hydrogen (secondary N) is 1. The predicted octanol–water partition coefficient (Wildman–Crippen LogP) is 5.04. The fourth-order valence-electron chi connectivity index (χ4n) is 1.83. The second-order valence-electron chi connectivity index (χ2n) is 4.65. The highest BCUT2D eigenvalue weighted by molar-refractivity contribution is 6.32. The number of anilines is 1. The van der Waals surface area contributed by atoms with Crippen molar-refractivity contribution >= 4 is 23.2 Å². The van der Waals surface area contributed by atoms with E-state index in [9.17, 15) is 4.79 Å². The van der Waals surface area contributed by atoms with Crippen LogP contribution in [-0.4, -0.2) is 5.91 Å². The topological polar surface area (TPSA) is 38.3 Å². The molecule has 3 nitrogen and oxygen atoms in total. The normalized spacial score (nSPS) is 10.2. The summed E-state index contributed by atoms with van der Waals surface area (Å²) in [6, 6.07) is 13.1. The molecule has 0 saturated heterocycles. The molecule has 2 rings (SSSR count). The zero-order valence-electron chi connectivity index (χ0n) is 12.2. The number of carbonyl (C=O) groups is 1. The Morgan fingerprint density at radius 3 is 2.43 bits per heavy atom. The van der Waals surface area contributed by atoms with E-state index in [1.54, 1.807) is 25.1 Å². The van der Waals surface area contributed by atoms with Gasteiger partial charge in [0, 0.05) is 12.1 Å². The quantitative estimate of drug-likeness (QED) is 0.840. The number of hydrogen-bond acceptors (Lipinski definition) is 2. The summed E-state index contributed by atoms with van der Waals surface area (Å²) in [5.41, 5.74) is 1.92. The first-order chi connectivity index (χ1) is 10.1. The van der Waals surface area contributed by atoms with Gasteiger partial charge in [-0.05, 0) is 42.3 Å². The van der Waals surface area contributed by atoms with E-state index >= 15 is 0 Å². The van der Waals surface area contributed by atoms with Crippen LogP contribution >= 0.6 is 11.6 Å². The summed E-state index contributed by atoms with van der Waals surface area (Å²) >= 11 is 6.19. The zero-order chi connectivity index (χ0) is 15.2. The third-order valence-electron chi connectivity index (χ3n) is 3.10. The van der Waals surface area contributed by atoms with E-state index in [0.29, 0.717) is 22.9 Å². The molecule has 110 valence electrons. The van der Waals surface area contributed by atoms with Crippen molar-refractivity contribution in [2.45, 2.75) is 26.7 Å². The number of halogens is 1. The van der Waals surface area contributed by atoms with Crippen LogP contribution in [0.4, 0.5) is 5.69 Å². The number of hydrogen-bond donors (Lipinski definition) is 1. The standard InChI is InChI=1S/C17H18ClNO2/c1-3-12-5-8-14(9-6-12)21-16-10-7-13(11-15(16)18)19-17(20)4-2/h5-11H,3-4H2,1-2H3,(H,19,20). The molecule has 0 aliphatic rings. The Bertz CT molecular complexity index is 623. The van der Waals surface area contributed by atoms with E-state index in [2.05, 4.69) is 12.2 Å². The van der Waals surface area contributed by atoms with E-state index in [-0.39, 0.29) is 5.91 Å². The first-order valence-electron chi connectivity index (χ1n) is 6.98. The van der Waals surface area contributed by atoms with Crippen LogP contribution in [0.1, 0.15) is 25.8 Å². The highest BCUT2D eigenvalue weighted by Gasteiger charge is 2.06. The molecule has 0 atom stereocenters. The third kappa shape index (κ3) is 4.23. The Balaban J connectivity index is 2.11. The molecule has 1 N–H and O–H groups in total. The van der Waals surface area contributed by atoms with Crippen LogP contribution in [0, 0.1) is 0 Å². The lowest BCUT2D eigenvalue weighted by molar-refractivity contribution is -0.115. The van der Waals surface area contributed by atoms with Gasteiger partial charge in [0.2, 0.25) is 5.91 Å². The van der Waals surface area contributed by atoms with Crippen molar-refractivity contribution in [3.63, 3.8) is 0 Å². The Hall–Kier alpha value is -2.00. The smallest absolute Gasteiger partial charge is 0.224 e. The first kappa shape index (κ1) is 15.4. The monoisotopic (exact) mass is 303 g/mol. The first-order valence-corrected chi connectivity index (χ1v) is 7.36. The van der Waals surface area contributed by atoms with Gasteiger partial charge in [-0.3, -0.25) is 4.79 Å². The molecule has 0 spiro atoms. The van der Waals surface area contributed by atoms with Gasteiger partial charge in [-0.1, -0.05) is 37.6 Å². The molecule has 2 aromatic rings. The molecule has 1 amide bonds. The van der Waals surface area contributed by atoms with Gasteiger partial charge in [0.05, 0.1) is 5.02 Å². The van der Waals surface area contributed by atoms with Crippen molar-refractivity contribution < 1.29 is 9.53 Å². The largest absolute Gasteiger partial charge is 0.456 e. The third-order valence-corrected chi connectivity index (χ3v) is 3.39. The van der Waals surface area contributed by atoms with Crippen molar-refractivity contribution in [2.75, 3.05) is 5.32 Å². The molecule has 21 heavy (non-hydrogen) atoms. The maximum atomic E-state index is 11.3. The molecule has 0 fully saturated rings. The molecule has 0 aliphatic heterocycles. The van der Waals surface area contributed by atoms with Crippen molar-refractivity contribution in [1.82, 2.24) is 0 Å². The minimum absolute atomic E-state index is 0.0464. The minimum atomic E-state index is -0.0464. The van der Waals surface area contributed by atoms with Crippen molar-refractivity contribution in [1.29, 1.82) is 0 Å². The average molecular weight is 304 g/mol. The van der Waals surface area contributed by atoms with Gasteiger partial charge in [-0.15, -0.1) is 0 Å². The van der Waals surface area contributed by atoms with Crippen LogP contribution in [-0.2, 0) is 11.2 Å². The minimum Gasteiger partial charge on any atom is -0.456 e. The fourth-order valence-corrected chi connectivity index (χ4v) is 2.05. The maximum Gasteiger partial charge on any atom is 0.224 e. The second-order valence-corrected chi connectivity index (χ2v) is 5.05. The van der Waals surface area contributed by atoms with E-state index in [1.165, 1.54) is 5.56 Å². The van der Waals surface area contributed by atoms with E-state index in [0.717, 1.165) is 12.2 Å². The molecule has 0 aromatic heterocycles. The molecular formula is C17H18ClNO2. The Morgan fingerprint density at radius 1 is 1.14 bits per heavy atom. The number of benzene rings is 2. The van der Waals surface area contributed by atoms with Crippen LogP contribution in [0.25, 0.3) is 0 Å². The second kappa shape index (κ2) is 7.14. The van der Waals surface area contributed by atoms with Crippen LogP contribution in [0.2, 0.25) is 5.02 Å². The number of carbonyl (C=O) groups excluding carboxylic acids is 1. The van der Waals surface area contributed by atoms with Gasteiger partial charge in [-0.2, -0.15) is 0 Å². The van der Waals surface area contributed by atoms with Crippen LogP contribution in [0.5, 0.6) is 11.5 Å². The van der Waals surface area contributed by atoms with Gasteiger partial charge in [0.15, 0.2) is 0 Å². The molecule has 0 bridgehead atoms. The van der Waals surface area contributed by atoms with Gasteiger partial charge in [-0.25, -0.2) is 0 Å². The van der Waals surface area contributed by atoms with Gasteiger partial charge in [0.1, 0.15) is 11.5 Å². The molecule has 2 aromatic carbocycles. The SMILES string of the molecule is CCC(=O)Nc1ccc(Oc2ccc(CC)cc2)c(Cl)c1. The van der Waals surface area contributed by atoms with E-state index in [1.807, 2.05) is 24.3 Å². The molecule has 0 radical (unpaired) electrons. The van der Waals surface area contributed by atoms with Crippen molar-refractivity contribution in [3.8, 4) is 11.5 Å². The Kier molecular flexibility index (Phi) is 5.23. The van der Waals surface area contributed by atoms with Gasteiger partial charge >= 0.3 is 0 Å². The molecule has 0 saturated carbocycles. The lowest BCUT2D eigenvalue weighted by Gasteiger charge is -2.10. The summed E-state index contributed by atoms with van der Waals surface area (Å²) < 4.78 is 5.75. The lowest BCUT2D eigenvalue weighted by atomic mass is 10.2. The molecule has 0 unspecified atom stereocenters. The zero-order valence-corrected chi connectivity index (χ0v) is 12.9. The summed E-state index contributed by atoms with van der Waals surface area (Å²) in [5.74, 6) is 1.25. The van der Waals surface area contributed by atoms with Gasteiger partial charge in [0.25, 0.3) is 0 Å². The van der Waals surface area contributed by atoms with E-state index < -0.39 is 0 Å². The van der Waals surface area contributed by atoms with Crippen molar-refractivity contribution in [3.05, 3.63) is 53.1 Å². The predicted molar refractivity (Wildman–Crippen MR) is 86.3 cm³/mol. The summed E-state index contributed by atoms with van der Waals surface area (Å²) in [6.07, 6.45) is 1.42. The van der Waals surface area contributed by atoms with Crippen LogP contribution in [0.15, 0.2) is 42.5 Å². The number of ether oxygens (including phenoxy) is 1. The highest BCUT2D eigenvalue weighted by atomic mass is 35.5. The number of amides is 1. The fraction of sp³-hybridized carbons (Fsp3) is 0.235. The summed E-state index contributed by atoms with van der Waals surface area (Å²) in [7, 11) is 0. The molecule has 0 aliphatic carbocycles. The highest BCUT2D eigenvalue weighted by Crippen LogP contribution is 2.31. The lowest BCUT2D eigenvalue weighted by Crippen LogP contribution is -2.09. The molecule has 0 heterocycles. The van der Waals surface area contributed by atoms with Crippen LogP contribution < -0.4 is 10.1 Å². The Labute approximate surface area is 129 Å². The van der Waals surface area contributed by atoms with Gasteiger partial charge < -0.3 is 10.1 Å². The molecule has 4 heteroatoms. The maximum absolute atomic E-state index is 11.3. The molecular weight excluding hydrogens is 286 g/mol. The van der Waals surface area contributed by atoms with Crippen LogP contribution in [0.3, 0.4) is 0 Å².